The highest BCUT2D eigenvalue weighted by molar-refractivity contribution is 6.32. The van der Waals surface area contributed by atoms with E-state index < -0.39 is 0 Å². The van der Waals surface area contributed by atoms with Gasteiger partial charge in [-0.25, -0.2) is 0 Å². The summed E-state index contributed by atoms with van der Waals surface area (Å²) in [7, 11) is 1.63. The summed E-state index contributed by atoms with van der Waals surface area (Å²) in [6, 6.07) is 4.07. The van der Waals surface area contributed by atoms with Crippen LogP contribution in [-0.4, -0.2) is 38.3 Å². The molecule has 1 unspecified atom stereocenters. The lowest BCUT2D eigenvalue weighted by atomic mass is 10.0. The van der Waals surface area contributed by atoms with Gasteiger partial charge >= 0.3 is 0 Å². The Hall–Kier alpha value is -0.970. The second-order valence-corrected chi connectivity index (χ2v) is 5.61. The van der Waals surface area contributed by atoms with E-state index in [1.165, 1.54) is 6.42 Å². The number of benzene rings is 1. The van der Waals surface area contributed by atoms with E-state index in [0.717, 1.165) is 25.1 Å². The van der Waals surface area contributed by atoms with Crippen molar-refractivity contribution in [1.29, 1.82) is 0 Å². The zero-order valence-corrected chi connectivity index (χ0v) is 14.9. The Balaban J connectivity index is 3.13. The SMILES string of the molecule is CCCCN(CC)C(CN)c1cc(Cl)c(OCC)c(OC)c1. The van der Waals surface area contributed by atoms with E-state index in [2.05, 4.69) is 18.7 Å². The Kier molecular flexibility index (Phi) is 8.61. The number of halogens is 1. The van der Waals surface area contributed by atoms with Gasteiger partial charge in [0.15, 0.2) is 11.5 Å². The summed E-state index contributed by atoms with van der Waals surface area (Å²) < 4.78 is 11.0. The second-order valence-electron chi connectivity index (χ2n) is 5.20. The molecule has 0 aliphatic carbocycles. The molecule has 126 valence electrons. The Morgan fingerprint density at radius 1 is 1.27 bits per heavy atom. The predicted molar refractivity (Wildman–Crippen MR) is 93.1 cm³/mol. The summed E-state index contributed by atoms with van der Waals surface area (Å²) in [6.07, 6.45) is 2.33. The molecule has 0 amide bonds. The highest BCUT2D eigenvalue weighted by atomic mass is 35.5. The molecule has 22 heavy (non-hydrogen) atoms. The Labute approximate surface area is 139 Å². The molecule has 0 radical (unpaired) electrons. The van der Waals surface area contributed by atoms with Crippen molar-refractivity contribution in [3.05, 3.63) is 22.7 Å². The number of nitrogens with two attached hydrogens (primary N) is 1. The molecule has 0 aliphatic heterocycles. The Morgan fingerprint density at radius 2 is 2.00 bits per heavy atom. The molecule has 0 fully saturated rings. The summed E-state index contributed by atoms with van der Waals surface area (Å²) in [5.41, 5.74) is 7.11. The third-order valence-corrected chi connectivity index (χ3v) is 4.08. The van der Waals surface area contributed by atoms with Crippen molar-refractivity contribution in [2.24, 2.45) is 5.73 Å². The van der Waals surface area contributed by atoms with Gasteiger partial charge in [0.2, 0.25) is 0 Å². The molecule has 0 saturated carbocycles. The minimum atomic E-state index is 0.138. The second kappa shape index (κ2) is 9.93. The minimum Gasteiger partial charge on any atom is -0.493 e. The molecule has 0 aromatic heterocycles. The zero-order chi connectivity index (χ0) is 16.5. The van der Waals surface area contributed by atoms with Gasteiger partial charge in [0.05, 0.1) is 18.7 Å². The van der Waals surface area contributed by atoms with Gasteiger partial charge in [0.1, 0.15) is 0 Å². The van der Waals surface area contributed by atoms with Gasteiger partial charge in [-0.1, -0.05) is 31.9 Å². The van der Waals surface area contributed by atoms with E-state index in [4.69, 9.17) is 26.8 Å². The van der Waals surface area contributed by atoms with Crippen molar-refractivity contribution in [3.8, 4) is 11.5 Å². The maximum Gasteiger partial charge on any atom is 0.179 e. The molecule has 1 rings (SSSR count). The van der Waals surface area contributed by atoms with Crippen molar-refractivity contribution < 1.29 is 9.47 Å². The molecule has 0 bridgehead atoms. The molecule has 1 aromatic rings. The first-order valence-electron chi connectivity index (χ1n) is 8.07. The number of likely N-dealkylation sites (N-methyl/N-ethyl adjacent to an activating group) is 1. The molecule has 1 atom stereocenters. The van der Waals surface area contributed by atoms with Crippen molar-refractivity contribution in [3.63, 3.8) is 0 Å². The van der Waals surface area contributed by atoms with E-state index in [1.54, 1.807) is 7.11 Å². The van der Waals surface area contributed by atoms with Crippen LogP contribution in [0.1, 0.15) is 45.2 Å². The van der Waals surface area contributed by atoms with Crippen molar-refractivity contribution in [1.82, 2.24) is 4.90 Å². The number of rotatable bonds is 10. The van der Waals surface area contributed by atoms with Gasteiger partial charge in [-0.2, -0.15) is 0 Å². The first-order valence-corrected chi connectivity index (χ1v) is 8.44. The summed E-state index contributed by atoms with van der Waals surface area (Å²) in [5, 5.41) is 0.571. The molecule has 0 spiro atoms. The van der Waals surface area contributed by atoms with Crippen molar-refractivity contribution in [2.45, 2.75) is 39.7 Å². The van der Waals surface area contributed by atoms with Crippen LogP contribution in [0, 0.1) is 0 Å². The monoisotopic (exact) mass is 328 g/mol. The number of ether oxygens (including phenoxy) is 2. The Morgan fingerprint density at radius 3 is 2.50 bits per heavy atom. The molecule has 1 aromatic carbocycles. The fraction of sp³-hybridized carbons (Fsp3) is 0.647. The van der Waals surface area contributed by atoms with Crippen LogP contribution < -0.4 is 15.2 Å². The third kappa shape index (κ3) is 4.77. The van der Waals surface area contributed by atoms with Gasteiger partial charge < -0.3 is 15.2 Å². The molecule has 5 heteroatoms. The van der Waals surface area contributed by atoms with Crippen LogP contribution >= 0.6 is 11.6 Å². The topological polar surface area (TPSA) is 47.7 Å². The maximum atomic E-state index is 6.38. The minimum absolute atomic E-state index is 0.138. The number of nitrogens with zero attached hydrogens (tertiary/aromatic N) is 1. The Bertz CT molecular complexity index is 455. The molecule has 4 nitrogen and oxygen atoms in total. The van der Waals surface area contributed by atoms with Crippen LogP contribution in [-0.2, 0) is 0 Å². The third-order valence-electron chi connectivity index (χ3n) is 3.79. The van der Waals surface area contributed by atoms with Gasteiger partial charge in [-0.3, -0.25) is 4.90 Å². The highest BCUT2D eigenvalue weighted by Gasteiger charge is 2.21. The lowest BCUT2D eigenvalue weighted by Crippen LogP contribution is -2.34. The number of methoxy groups -OCH3 is 1. The molecule has 0 saturated heterocycles. The molecular formula is C17H29ClN2O2. The summed E-state index contributed by atoms with van der Waals surface area (Å²) in [5.74, 6) is 1.26. The van der Waals surface area contributed by atoms with E-state index in [1.807, 2.05) is 19.1 Å². The average molecular weight is 329 g/mol. The number of hydrogen-bond donors (Lipinski definition) is 1. The summed E-state index contributed by atoms with van der Waals surface area (Å²) in [4.78, 5) is 2.38. The average Bonchev–Trinajstić information content (AvgIpc) is 2.53. The number of unbranched alkanes of at least 4 members (excludes halogenated alkanes) is 1. The molecule has 0 heterocycles. The fourth-order valence-corrected chi connectivity index (χ4v) is 2.88. The van der Waals surface area contributed by atoms with Gasteiger partial charge in [0.25, 0.3) is 0 Å². The quantitative estimate of drug-likeness (QED) is 0.708. The number of hydrogen-bond acceptors (Lipinski definition) is 4. The lowest BCUT2D eigenvalue weighted by molar-refractivity contribution is 0.208. The summed E-state index contributed by atoms with van der Waals surface area (Å²) >= 11 is 6.38. The fourth-order valence-electron chi connectivity index (χ4n) is 2.61. The predicted octanol–water partition coefficient (Wildman–Crippen LogP) is 3.87. The van der Waals surface area contributed by atoms with Gasteiger partial charge in [-0.05, 0) is 44.1 Å². The van der Waals surface area contributed by atoms with Gasteiger partial charge in [0, 0.05) is 12.6 Å². The van der Waals surface area contributed by atoms with Crippen LogP contribution in [0.25, 0.3) is 0 Å². The van der Waals surface area contributed by atoms with Crippen LogP contribution in [0.3, 0.4) is 0 Å². The van der Waals surface area contributed by atoms with E-state index >= 15 is 0 Å². The normalized spacial score (nSPS) is 12.5. The molecular weight excluding hydrogens is 300 g/mol. The van der Waals surface area contributed by atoms with Gasteiger partial charge in [-0.15, -0.1) is 0 Å². The smallest absolute Gasteiger partial charge is 0.179 e. The largest absolute Gasteiger partial charge is 0.493 e. The van der Waals surface area contributed by atoms with E-state index in [9.17, 15) is 0 Å². The zero-order valence-electron chi connectivity index (χ0n) is 14.2. The molecule has 2 N–H and O–H groups in total. The molecule has 0 aliphatic rings. The van der Waals surface area contributed by atoms with E-state index in [-0.39, 0.29) is 6.04 Å². The lowest BCUT2D eigenvalue weighted by Gasteiger charge is -2.30. The standard InChI is InChI=1S/C17H29ClN2O2/c1-5-8-9-20(6-2)15(12-19)13-10-14(18)17(22-7-3)16(11-13)21-4/h10-11,15H,5-9,12,19H2,1-4H3. The van der Waals surface area contributed by atoms with Crippen LogP contribution in [0.4, 0.5) is 0 Å². The van der Waals surface area contributed by atoms with Crippen LogP contribution in [0.15, 0.2) is 12.1 Å². The van der Waals surface area contributed by atoms with E-state index in [0.29, 0.717) is 29.7 Å². The summed E-state index contributed by atoms with van der Waals surface area (Å²) in [6.45, 7) is 9.36. The first kappa shape index (κ1) is 19.1. The maximum absolute atomic E-state index is 6.38. The van der Waals surface area contributed by atoms with Crippen LogP contribution in [0.5, 0.6) is 11.5 Å². The van der Waals surface area contributed by atoms with Crippen molar-refractivity contribution >= 4 is 11.6 Å². The van der Waals surface area contributed by atoms with Crippen molar-refractivity contribution in [2.75, 3.05) is 33.4 Å². The van der Waals surface area contributed by atoms with Crippen LogP contribution in [0.2, 0.25) is 5.02 Å². The first-order chi connectivity index (χ1) is 10.6. The highest BCUT2D eigenvalue weighted by Crippen LogP contribution is 2.38.